The second-order valence-electron chi connectivity index (χ2n) is 5.31. The number of anilines is 1. The third-order valence-electron chi connectivity index (χ3n) is 3.54. The Bertz CT molecular complexity index is 585. The van der Waals surface area contributed by atoms with E-state index in [4.69, 9.17) is 17.0 Å². The summed E-state index contributed by atoms with van der Waals surface area (Å²) in [4.78, 5) is 22.9. The molecular formula is C16H21N3O4S. The summed E-state index contributed by atoms with van der Waals surface area (Å²) in [5, 5.41) is 9.15. The number of nitrogens with one attached hydrogen (secondary N) is 3. The van der Waals surface area contributed by atoms with Crippen LogP contribution in [-0.2, 0) is 14.3 Å². The third-order valence-corrected chi connectivity index (χ3v) is 3.79. The summed E-state index contributed by atoms with van der Waals surface area (Å²) in [5.41, 5.74) is 1.21. The van der Waals surface area contributed by atoms with Crippen LogP contribution in [0.3, 0.4) is 0 Å². The molecule has 0 saturated carbocycles. The van der Waals surface area contributed by atoms with Crippen LogP contribution in [0.2, 0.25) is 0 Å². The van der Waals surface area contributed by atoms with E-state index in [1.165, 1.54) is 7.11 Å². The zero-order chi connectivity index (χ0) is 17.4. The number of hydrogen-bond donors (Lipinski definition) is 3. The van der Waals surface area contributed by atoms with Crippen molar-refractivity contribution >= 4 is 34.9 Å². The average molecular weight is 351 g/mol. The number of ether oxygens (including phenoxy) is 2. The van der Waals surface area contributed by atoms with Gasteiger partial charge < -0.3 is 25.4 Å². The van der Waals surface area contributed by atoms with Gasteiger partial charge in [-0.25, -0.2) is 0 Å². The minimum absolute atomic E-state index is 0.160. The SMILES string of the molecule is COC(=O)CNC(=O)c1ccc(NC(=S)NC[C@@H]2CCCO2)cc1. The van der Waals surface area contributed by atoms with E-state index in [1.54, 1.807) is 24.3 Å². The molecule has 8 heteroatoms. The van der Waals surface area contributed by atoms with E-state index in [0.717, 1.165) is 25.1 Å². The first-order valence-electron chi connectivity index (χ1n) is 7.70. The fourth-order valence-corrected chi connectivity index (χ4v) is 2.42. The second-order valence-corrected chi connectivity index (χ2v) is 5.71. The summed E-state index contributed by atoms with van der Waals surface area (Å²) in [5.74, 6) is -0.838. The smallest absolute Gasteiger partial charge is 0.325 e. The Kier molecular flexibility index (Phi) is 6.95. The highest BCUT2D eigenvalue weighted by Gasteiger charge is 2.15. The number of rotatable bonds is 6. The highest BCUT2D eigenvalue weighted by atomic mass is 32.1. The summed E-state index contributed by atoms with van der Waals surface area (Å²) in [7, 11) is 1.27. The molecule has 1 aliphatic rings. The Morgan fingerprint density at radius 2 is 2.04 bits per heavy atom. The number of carbonyl (C=O) groups excluding carboxylic acids is 2. The highest BCUT2D eigenvalue weighted by molar-refractivity contribution is 7.80. The standard InChI is InChI=1S/C16H21N3O4S/c1-22-14(20)10-17-15(21)11-4-6-12(7-5-11)19-16(24)18-9-13-3-2-8-23-13/h4-7,13H,2-3,8-10H2,1H3,(H,17,21)(H2,18,19,24)/t13-/m0/s1. The van der Waals surface area contributed by atoms with Crippen molar-refractivity contribution in [2.24, 2.45) is 0 Å². The maximum Gasteiger partial charge on any atom is 0.325 e. The van der Waals surface area contributed by atoms with Gasteiger partial charge in [0.2, 0.25) is 0 Å². The van der Waals surface area contributed by atoms with Gasteiger partial charge in [-0.15, -0.1) is 0 Å². The molecular weight excluding hydrogens is 330 g/mol. The fourth-order valence-electron chi connectivity index (χ4n) is 2.22. The number of hydrogen-bond acceptors (Lipinski definition) is 5. The van der Waals surface area contributed by atoms with Gasteiger partial charge in [0.15, 0.2) is 5.11 Å². The molecule has 7 nitrogen and oxygen atoms in total. The van der Waals surface area contributed by atoms with Crippen LogP contribution in [0.5, 0.6) is 0 Å². The number of methoxy groups -OCH3 is 1. The maximum absolute atomic E-state index is 11.9. The number of amides is 1. The highest BCUT2D eigenvalue weighted by Crippen LogP contribution is 2.11. The molecule has 1 heterocycles. The largest absolute Gasteiger partial charge is 0.468 e. The first kappa shape index (κ1) is 18.2. The lowest BCUT2D eigenvalue weighted by Crippen LogP contribution is -2.34. The third kappa shape index (κ3) is 5.78. The Morgan fingerprint density at radius 3 is 2.67 bits per heavy atom. The van der Waals surface area contributed by atoms with Gasteiger partial charge in [0, 0.05) is 24.4 Å². The van der Waals surface area contributed by atoms with Crippen molar-refractivity contribution in [2.45, 2.75) is 18.9 Å². The van der Waals surface area contributed by atoms with Crippen molar-refractivity contribution in [3.8, 4) is 0 Å². The van der Waals surface area contributed by atoms with E-state index in [-0.39, 0.29) is 18.6 Å². The van der Waals surface area contributed by atoms with Crippen LogP contribution in [0.4, 0.5) is 5.69 Å². The molecule has 2 rings (SSSR count). The minimum atomic E-state index is -0.496. The zero-order valence-corrected chi connectivity index (χ0v) is 14.3. The van der Waals surface area contributed by atoms with E-state index in [0.29, 0.717) is 17.2 Å². The number of benzene rings is 1. The Morgan fingerprint density at radius 1 is 1.29 bits per heavy atom. The van der Waals surface area contributed by atoms with Gasteiger partial charge in [0.25, 0.3) is 5.91 Å². The molecule has 24 heavy (non-hydrogen) atoms. The number of esters is 1. The fraction of sp³-hybridized carbons (Fsp3) is 0.438. The monoisotopic (exact) mass is 351 g/mol. The molecule has 1 amide bonds. The maximum atomic E-state index is 11.9. The summed E-state index contributed by atoms with van der Waals surface area (Å²) in [6.07, 6.45) is 2.35. The average Bonchev–Trinajstić information content (AvgIpc) is 3.11. The van der Waals surface area contributed by atoms with Crippen LogP contribution >= 0.6 is 12.2 Å². The molecule has 1 aromatic carbocycles. The normalized spacial score (nSPS) is 16.3. The molecule has 0 bridgehead atoms. The summed E-state index contributed by atoms with van der Waals surface area (Å²) in [6, 6.07) is 6.79. The number of carbonyl (C=O) groups is 2. The Hall–Kier alpha value is -2.19. The van der Waals surface area contributed by atoms with E-state index >= 15 is 0 Å². The van der Waals surface area contributed by atoms with Gasteiger partial charge in [-0.2, -0.15) is 0 Å². The first-order valence-corrected chi connectivity index (χ1v) is 8.11. The predicted molar refractivity (Wildman–Crippen MR) is 94.0 cm³/mol. The Labute approximate surface area is 146 Å². The van der Waals surface area contributed by atoms with Gasteiger partial charge in [0.05, 0.1) is 13.2 Å². The van der Waals surface area contributed by atoms with Gasteiger partial charge in [-0.3, -0.25) is 9.59 Å². The van der Waals surface area contributed by atoms with Crippen molar-refractivity contribution in [1.82, 2.24) is 10.6 Å². The second kappa shape index (κ2) is 9.19. The lowest BCUT2D eigenvalue weighted by Gasteiger charge is -2.14. The molecule has 1 aromatic rings. The van der Waals surface area contributed by atoms with Gasteiger partial charge in [0.1, 0.15) is 6.54 Å². The summed E-state index contributed by atoms with van der Waals surface area (Å²) < 4.78 is 9.98. The van der Waals surface area contributed by atoms with Crippen molar-refractivity contribution in [3.05, 3.63) is 29.8 Å². The van der Waals surface area contributed by atoms with Crippen LogP contribution in [0, 0.1) is 0 Å². The molecule has 0 aromatic heterocycles. The molecule has 0 unspecified atom stereocenters. The molecule has 0 radical (unpaired) electrons. The molecule has 1 aliphatic heterocycles. The quantitative estimate of drug-likeness (QED) is 0.521. The molecule has 1 fully saturated rings. The molecule has 0 aliphatic carbocycles. The molecule has 3 N–H and O–H groups in total. The predicted octanol–water partition coefficient (Wildman–Crippen LogP) is 1.05. The molecule has 1 saturated heterocycles. The van der Waals surface area contributed by atoms with Crippen LogP contribution < -0.4 is 16.0 Å². The van der Waals surface area contributed by atoms with Gasteiger partial charge in [-0.1, -0.05) is 0 Å². The lowest BCUT2D eigenvalue weighted by atomic mass is 10.2. The van der Waals surface area contributed by atoms with E-state index in [1.807, 2.05) is 0 Å². The topological polar surface area (TPSA) is 88.7 Å². The van der Waals surface area contributed by atoms with Crippen LogP contribution in [0.15, 0.2) is 24.3 Å². The Balaban J connectivity index is 1.77. The molecule has 1 atom stereocenters. The number of thiocarbonyl (C=S) groups is 1. The zero-order valence-electron chi connectivity index (χ0n) is 13.5. The molecule has 130 valence electrons. The van der Waals surface area contributed by atoms with Crippen molar-refractivity contribution < 1.29 is 19.1 Å². The van der Waals surface area contributed by atoms with E-state index in [2.05, 4.69) is 20.7 Å². The summed E-state index contributed by atoms with van der Waals surface area (Å²) >= 11 is 5.23. The van der Waals surface area contributed by atoms with Crippen molar-refractivity contribution in [1.29, 1.82) is 0 Å². The van der Waals surface area contributed by atoms with Crippen LogP contribution in [0.1, 0.15) is 23.2 Å². The minimum Gasteiger partial charge on any atom is -0.468 e. The van der Waals surface area contributed by atoms with E-state index in [9.17, 15) is 9.59 Å². The van der Waals surface area contributed by atoms with Crippen LogP contribution in [0.25, 0.3) is 0 Å². The summed E-state index contributed by atoms with van der Waals surface area (Å²) in [6.45, 7) is 1.33. The van der Waals surface area contributed by atoms with Gasteiger partial charge >= 0.3 is 5.97 Å². The molecule has 0 spiro atoms. The van der Waals surface area contributed by atoms with Crippen molar-refractivity contribution in [2.75, 3.05) is 32.1 Å². The lowest BCUT2D eigenvalue weighted by molar-refractivity contribution is -0.139. The van der Waals surface area contributed by atoms with Crippen LogP contribution in [-0.4, -0.2) is 49.9 Å². The first-order chi connectivity index (χ1) is 11.6. The van der Waals surface area contributed by atoms with Gasteiger partial charge in [-0.05, 0) is 49.3 Å². The van der Waals surface area contributed by atoms with E-state index < -0.39 is 5.97 Å². The van der Waals surface area contributed by atoms with Crippen molar-refractivity contribution in [3.63, 3.8) is 0 Å².